The number of nitrogens with zero attached hydrogens (tertiary/aromatic N) is 2. The number of fused-ring (bicyclic) bond motifs is 1. The minimum atomic E-state index is -3.14. The second-order valence-corrected chi connectivity index (χ2v) is 9.82. The summed E-state index contributed by atoms with van der Waals surface area (Å²) < 4.78 is 38.5. The first-order chi connectivity index (χ1) is 12.4. The maximum Gasteiger partial charge on any atom is 0.164 e. The third-order valence-electron chi connectivity index (χ3n) is 4.71. The molecule has 136 valence electrons. The smallest absolute Gasteiger partial charge is 0.164 e. The molecule has 0 radical (unpaired) electrons. The quantitative estimate of drug-likeness (QED) is 0.806. The Kier molecular flexibility index (Phi) is 4.52. The molecule has 0 spiro atoms. The molecular formula is C19H19FN2O2S2. The average molecular weight is 391 g/mol. The molecule has 0 bridgehead atoms. The molecule has 4 nitrogen and oxygen atoms in total. The average Bonchev–Trinajstić information content (AvgIpc) is 3.06. The zero-order chi connectivity index (χ0) is 18.3. The maximum atomic E-state index is 14.4. The van der Waals surface area contributed by atoms with Crippen molar-refractivity contribution in [2.24, 2.45) is 4.99 Å². The number of aliphatic imine (C=N–C) groups is 1. The molecule has 0 aliphatic carbocycles. The number of aryl methyl sites for hydroxylation is 1. The number of halogens is 1. The Morgan fingerprint density at radius 1 is 1.15 bits per heavy atom. The zero-order valence-corrected chi connectivity index (χ0v) is 15.9. The van der Waals surface area contributed by atoms with Crippen LogP contribution in [-0.2, 0) is 15.6 Å². The molecule has 2 aliphatic heterocycles. The van der Waals surface area contributed by atoms with Crippen molar-refractivity contribution in [3.05, 3.63) is 65.5 Å². The molecule has 0 saturated carbocycles. The van der Waals surface area contributed by atoms with Crippen molar-refractivity contribution in [1.29, 1.82) is 0 Å². The Bertz CT molecular complexity index is 958. The normalized spacial score (nSPS) is 23.8. The Morgan fingerprint density at radius 3 is 2.62 bits per heavy atom. The van der Waals surface area contributed by atoms with Crippen molar-refractivity contribution in [1.82, 2.24) is 0 Å². The molecule has 2 unspecified atom stereocenters. The molecule has 4 rings (SSSR count). The number of sulfone groups is 1. The summed E-state index contributed by atoms with van der Waals surface area (Å²) in [5.41, 5.74) is 2.75. The Hall–Kier alpha value is -1.86. The van der Waals surface area contributed by atoms with Gasteiger partial charge in [0.2, 0.25) is 0 Å². The van der Waals surface area contributed by atoms with Crippen molar-refractivity contribution in [3.63, 3.8) is 0 Å². The summed E-state index contributed by atoms with van der Waals surface area (Å²) in [7, 11) is -3.14. The lowest BCUT2D eigenvalue weighted by Gasteiger charge is -2.26. The highest BCUT2D eigenvalue weighted by Gasteiger charge is 2.47. The lowest BCUT2D eigenvalue weighted by atomic mass is 10.1. The molecule has 2 atom stereocenters. The summed E-state index contributed by atoms with van der Waals surface area (Å²) in [5.74, 6) is 0.401. The van der Waals surface area contributed by atoms with E-state index in [1.165, 1.54) is 23.4 Å². The number of thioether (sulfide) groups is 1. The van der Waals surface area contributed by atoms with Gasteiger partial charge in [0.15, 0.2) is 15.0 Å². The fraction of sp³-hybridized carbons (Fsp3) is 0.316. The van der Waals surface area contributed by atoms with Crippen molar-refractivity contribution in [2.75, 3.05) is 16.4 Å². The van der Waals surface area contributed by atoms with E-state index in [0.717, 1.165) is 5.56 Å². The van der Waals surface area contributed by atoms with Gasteiger partial charge in [-0.15, -0.1) is 0 Å². The Labute approximate surface area is 157 Å². The van der Waals surface area contributed by atoms with Crippen LogP contribution < -0.4 is 4.90 Å². The number of hydrogen-bond acceptors (Lipinski definition) is 5. The minimum absolute atomic E-state index is 0.0179. The molecular weight excluding hydrogens is 371 g/mol. The first kappa shape index (κ1) is 17.5. The monoisotopic (exact) mass is 390 g/mol. The van der Waals surface area contributed by atoms with Crippen molar-refractivity contribution in [2.45, 2.75) is 24.8 Å². The van der Waals surface area contributed by atoms with Gasteiger partial charge in [-0.25, -0.2) is 12.8 Å². The van der Waals surface area contributed by atoms with Gasteiger partial charge in [0, 0.05) is 5.75 Å². The van der Waals surface area contributed by atoms with E-state index in [-0.39, 0.29) is 29.4 Å². The van der Waals surface area contributed by atoms with Crippen molar-refractivity contribution < 1.29 is 12.8 Å². The first-order valence-electron chi connectivity index (χ1n) is 8.43. The van der Waals surface area contributed by atoms with E-state index in [4.69, 9.17) is 0 Å². The predicted octanol–water partition coefficient (Wildman–Crippen LogP) is 3.41. The fourth-order valence-corrected chi connectivity index (χ4v) is 6.31. The molecule has 1 saturated heterocycles. The molecule has 7 heteroatoms. The number of hydrogen-bond donors (Lipinski definition) is 0. The summed E-state index contributed by atoms with van der Waals surface area (Å²) in [6.07, 6.45) is 0. The van der Waals surface area contributed by atoms with E-state index in [2.05, 4.69) is 29.3 Å². The lowest BCUT2D eigenvalue weighted by molar-refractivity contribution is 0.600. The van der Waals surface area contributed by atoms with Crippen LogP contribution in [0.5, 0.6) is 0 Å². The zero-order valence-electron chi connectivity index (χ0n) is 14.3. The van der Waals surface area contributed by atoms with Gasteiger partial charge in [-0.2, -0.15) is 0 Å². The van der Waals surface area contributed by atoms with Crippen LogP contribution in [0.3, 0.4) is 0 Å². The number of anilines is 1. The molecule has 1 fully saturated rings. The second-order valence-electron chi connectivity index (χ2n) is 6.72. The van der Waals surface area contributed by atoms with Gasteiger partial charge >= 0.3 is 0 Å². The summed E-state index contributed by atoms with van der Waals surface area (Å²) in [4.78, 5) is 6.42. The highest BCUT2D eigenvalue weighted by Crippen LogP contribution is 2.36. The van der Waals surface area contributed by atoms with Crippen LogP contribution in [0.2, 0.25) is 0 Å². The van der Waals surface area contributed by atoms with Crippen LogP contribution in [-0.4, -0.2) is 37.2 Å². The number of para-hydroxylation sites is 1. The summed E-state index contributed by atoms with van der Waals surface area (Å²) in [6, 6.07) is 14.1. The van der Waals surface area contributed by atoms with E-state index in [1.807, 2.05) is 6.92 Å². The van der Waals surface area contributed by atoms with Gasteiger partial charge in [-0.05, 0) is 24.6 Å². The minimum Gasteiger partial charge on any atom is -0.312 e. The largest absolute Gasteiger partial charge is 0.312 e. The van der Waals surface area contributed by atoms with Crippen LogP contribution in [0.15, 0.2) is 53.5 Å². The summed E-state index contributed by atoms with van der Waals surface area (Å²) in [6.45, 7) is 2.04. The number of amidine groups is 1. The van der Waals surface area contributed by atoms with Crippen LogP contribution >= 0.6 is 11.8 Å². The SMILES string of the molecule is Cc1ccc(CSC2=NC3CS(=O)(=O)CC3N2c2ccccc2F)cc1. The third kappa shape index (κ3) is 3.38. The molecule has 0 N–H and O–H groups in total. The first-order valence-corrected chi connectivity index (χ1v) is 11.2. The lowest BCUT2D eigenvalue weighted by Crippen LogP contribution is -2.39. The highest BCUT2D eigenvalue weighted by atomic mass is 32.2. The van der Waals surface area contributed by atoms with Gasteiger partial charge < -0.3 is 4.90 Å². The molecule has 2 aromatic rings. The molecule has 2 aromatic carbocycles. The summed E-state index contributed by atoms with van der Waals surface area (Å²) in [5, 5.41) is 0.695. The van der Waals surface area contributed by atoms with E-state index >= 15 is 0 Å². The number of benzene rings is 2. The van der Waals surface area contributed by atoms with Crippen LogP contribution in [0.25, 0.3) is 0 Å². The molecule has 26 heavy (non-hydrogen) atoms. The Balaban J connectivity index is 1.63. The predicted molar refractivity (Wildman–Crippen MR) is 105 cm³/mol. The number of rotatable bonds is 3. The van der Waals surface area contributed by atoms with E-state index in [0.29, 0.717) is 16.6 Å². The van der Waals surface area contributed by atoms with E-state index in [9.17, 15) is 12.8 Å². The molecule has 0 aromatic heterocycles. The van der Waals surface area contributed by atoms with Crippen molar-refractivity contribution in [3.8, 4) is 0 Å². The fourth-order valence-electron chi connectivity index (χ4n) is 3.39. The van der Waals surface area contributed by atoms with Gasteiger partial charge in [-0.3, -0.25) is 4.99 Å². The molecule has 0 amide bonds. The van der Waals surface area contributed by atoms with Crippen LogP contribution in [0.1, 0.15) is 11.1 Å². The van der Waals surface area contributed by atoms with Gasteiger partial charge in [0.25, 0.3) is 0 Å². The van der Waals surface area contributed by atoms with Gasteiger partial charge in [0.1, 0.15) is 5.82 Å². The second kappa shape index (κ2) is 6.70. The molecule has 2 aliphatic rings. The van der Waals surface area contributed by atoms with Crippen molar-refractivity contribution >= 4 is 32.5 Å². The highest BCUT2D eigenvalue weighted by molar-refractivity contribution is 8.13. The van der Waals surface area contributed by atoms with E-state index in [1.54, 1.807) is 23.1 Å². The van der Waals surface area contributed by atoms with Gasteiger partial charge in [-0.1, -0.05) is 53.7 Å². The summed E-state index contributed by atoms with van der Waals surface area (Å²) >= 11 is 1.53. The maximum absolute atomic E-state index is 14.4. The van der Waals surface area contributed by atoms with E-state index < -0.39 is 9.84 Å². The molecule has 2 heterocycles. The topological polar surface area (TPSA) is 49.7 Å². The Morgan fingerprint density at radius 2 is 1.88 bits per heavy atom. The van der Waals surface area contributed by atoms with Crippen LogP contribution in [0, 0.1) is 12.7 Å². The van der Waals surface area contributed by atoms with Crippen LogP contribution in [0.4, 0.5) is 10.1 Å². The van der Waals surface area contributed by atoms with Gasteiger partial charge in [0.05, 0.1) is 29.3 Å². The standard InChI is InChI=1S/C19H19FN2O2S2/c1-13-6-8-14(9-7-13)10-25-19-21-16-11-26(23,24)12-18(16)22(19)17-5-3-2-4-15(17)20/h2-9,16,18H,10-12H2,1H3. The third-order valence-corrected chi connectivity index (χ3v) is 7.44.